The number of aryl methyl sites for hydroxylation is 1. The largest absolute Gasteiger partial charge is 0.411 e. The quantitative estimate of drug-likeness (QED) is 0.679. The zero-order chi connectivity index (χ0) is 16.4. The first-order valence-corrected chi connectivity index (χ1v) is 9.19. The van der Waals surface area contributed by atoms with Crippen molar-refractivity contribution in [1.82, 2.24) is 0 Å². The van der Waals surface area contributed by atoms with Crippen molar-refractivity contribution in [3.8, 4) is 0 Å². The Hall–Kier alpha value is -2.40. The van der Waals surface area contributed by atoms with Gasteiger partial charge in [-0.2, -0.15) is 0 Å². The van der Waals surface area contributed by atoms with Crippen LogP contribution in [0.25, 0.3) is 11.6 Å². The number of hydrogen-bond acceptors (Lipinski definition) is 4. The van der Waals surface area contributed by atoms with Crippen LogP contribution in [-0.4, -0.2) is 25.6 Å². The lowest BCUT2D eigenvalue weighted by Crippen LogP contribution is -2.12. The molecule has 0 heterocycles. The summed E-state index contributed by atoms with van der Waals surface area (Å²) in [5, 5.41) is 12.7. The fourth-order valence-electron chi connectivity index (χ4n) is 2.79. The molecule has 0 atom stereocenters. The highest BCUT2D eigenvalue weighted by atomic mass is 32.2. The Bertz CT molecular complexity index is 894. The van der Waals surface area contributed by atoms with Gasteiger partial charge in [0.15, 0.2) is 9.84 Å². The van der Waals surface area contributed by atoms with Gasteiger partial charge in [0, 0.05) is 11.8 Å². The fraction of sp³-hybridized carbons (Fsp3) is 0.167. The van der Waals surface area contributed by atoms with Gasteiger partial charge >= 0.3 is 0 Å². The van der Waals surface area contributed by atoms with Gasteiger partial charge in [-0.3, -0.25) is 0 Å². The van der Waals surface area contributed by atoms with E-state index in [-0.39, 0.29) is 0 Å². The molecule has 0 saturated carbocycles. The second-order valence-corrected chi connectivity index (χ2v) is 7.62. The van der Waals surface area contributed by atoms with Gasteiger partial charge in [-0.15, -0.1) is 0 Å². The van der Waals surface area contributed by atoms with Gasteiger partial charge in [0.25, 0.3) is 0 Å². The lowest BCUT2D eigenvalue weighted by molar-refractivity contribution is 0.318. The lowest BCUT2D eigenvalue weighted by atomic mass is 9.85. The number of fused-ring (bicyclic) bond motifs is 1. The average molecular weight is 327 g/mol. The summed E-state index contributed by atoms with van der Waals surface area (Å²) in [7, 11) is -3.20. The lowest BCUT2D eigenvalue weighted by Gasteiger charge is -2.20. The topological polar surface area (TPSA) is 66.7 Å². The zero-order valence-corrected chi connectivity index (χ0v) is 13.5. The molecule has 0 radical (unpaired) electrons. The van der Waals surface area contributed by atoms with Crippen LogP contribution in [-0.2, 0) is 16.3 Å². The molecule has 1 aliphatic carbocycles. The van der Waals surface area contributed by atoms with Crippen LogP contribution >= 0.6 is 0 Å². The normalized spacial score (nSPS) is 18.1. The molecule has 0 amide bonds. The van der Waals surface area contributed by atoms with Gasteiger partial charge in [-0.05, 0) is 47.7 Å². The van der Waals surface area contributed by atoms with Crippen molar-refractivity contribution in [2.75, 3.05) is 6.26 Å². The highest BCUT2D eigenvalue weighted by Crippen LogP contribution is 2.30. The number of oxime groups is 1. The third-order valence-electron chi connectivity index (χ3n) is 3.99. The van der Waals surface area contributed by atoms with Gasteiger partial charge in [-0.25, -0.2) is 8.42 Å². The molecule has 1 aliphatic rings. The van der Waals surface area contributed by atoms with Crippen molar-refractivity contribution < 1.29 is 13.6 Å². The molecule has 0 unspecified atom stereocenters. The van der Waals surface area contributed by atoms with Gasteiger partial charge in [-0.1, -0.05) is 41.6 Å². The fourth-order valence-corrected chi connectivity index (χ4v) is 3.42. The maximum Gasteiger partial charge on any atom is 0.175 e. The molecule has 23 heavy (non-hydrogen) atoms. The molecule has 4 nitrogen and oxygen atoms in total. The minimum atomic E-state index is -3.20. The second kappa shape index (κ2) is 6.01. The molecule has 5 heteroatoms. The first kappa shape index (κ1) is 15.5. The minimum absolute atomic E-state index is 0.291. The van der Waals surface area contributed by atoms with Crippen molar-refractivity contribution in [2.24, 2.45) is 5.16 Å². The maximum atomic E-state index is 11.5. The van der Waals surface area contributed by atoms with E-state index in [0.29, 0.717) is 17.0 Å². The predicted molar refractivity (Wildman–Crippen MR) is 91.4 cm³/mol. The zero-order valence-electron chi connectivity index (χ0n) is 12.7. The van der Waals surface area contributed by atoms with E-state index >= 15 is 0 Å². The van der Waals surface area contributed by atoms with E-state index in [1.165, 1.54) is 11.8 Å². The van der Waals surface area contributed by atoms with Crippen LogP contribution in [0.15, 0.2) is 58.6 Å². The minimum Gasteiger partial charge on any atom is -0.411 e. The monoisotopic (exact) mass is 327 g/mol. The molecular formula is C18H17NO3S. The Labute approximate surface area is 135 Å². The Morgan fingerprint density at radius 3 is 2.39 bits per heavy atom. The van der Waals surface area contributed by atoms with Gasteiger partial charge < -0.3 is 5.21 Å². The summed E-state index contributed by atoms with van der Waals surface area (Å²) >= 11 is 0. The number of benzene rings is 2. The summed E-state index contributed by atoms with van der Waals surface area (Å²) in [5.74, 6) is 0. The highest BCUT2D eigenvalue weighted by molar-refractivity contribution is 7.90. The second-order valence-electron chi connectivity index (χ2n) is 5.60. The summed E-state index contributed by atoms with van der Waals surface area (Å²) in [4.78, 5) is 0.291. The van der Waals surface area contributed by atoms with Crippen LogP contribution in [0.1, 0.15) is 23.1 Å². The molecule has 3 rings (SSSR count). The molecule has 118 valence electrons. The molecule has 0 spiro atoms. The predicted octanol–water partition coefficient (Wildman–Crippen LogP) is 3.41. The van der Waals surface area contributed by atoms with E-state index in [1.54, 1.807) is 24.3 Å². The van der Waals surface area contributed by atoms with Crippen LogP contribution in [0, 0.1) is 0 Å². The van der Waals surface area contributed by atoms with E-state index in [0.717, 1.165) is 23.1 Å². The van der Waals surface area contributed by atoms with E-state index < -0.39 is 9.84 Å². The summed E-state index contributed by atoms with van der Waals surface area (Å²) in [6, 6.07) is 14.7. The molecule has 0 bridgehead atoms. The third kappa shape index (κ3) is 3.19. The molecule has 0 aliphatic heterocycles. The van der Waals surface area contributed by atoms with E-state index in [1.807, 2.05) is 24.3 Å². The van der Waals surface area contributed by atoms with E-state index in [2.05, 4.69) is 11.2 Å². The van der Waals surface area contributed by atoms with Crippen LogP contribution in [0.4, 0.5) is 0 Å². The molecule has 2 aromatic carbocycles. The summed E-state index contributed by atoms with van der Waals surface area (Å²) in [5.41, 5.74) is 4.67. The Kier molecular flexibility index (Phi) is 4.05. The molecule has 0 saturated heterocycles. The summed E-state index contributed by atoms with van der Waals surface area (Å²) < 4.78 is 23.1. The summed E-state index contributed by atoms with van der Waals surface area (Å²) in [6.07, 6.45) is 4.65. The van der Waals surface area contributed by atoms with Crippen molar-refractivity contribution in [3.63, 3.8) is 0 Å². The average Bonchev–Trinajstić information content (AvgIpc) is 2.55. The summed E-state index contributed by atoms with van der Waals surface area (Å²) in [6.45, 7) is 0. The number of allylic oxidation sites excluding steroid dienone is 1. The Morgan fingerprint density at radius 2 is 1.74 bits per heavy atom. The highest BCUT2D eigenvalue weighted by Gasteiger charge is 2.20. The number of rotatable bonds is 2. The van der Waals surface area contributed by atoms with Gasteiger partial charge in [0.05, 0.1) is 10.6 Å². The van der Waals surface area contributed by atoms with Crippen molar-refractivity contribution in [1.29, 1.82) is 0 Å². The molecule has 0 aromatic heterocycles. The molecular weight excluding hydrogens is 310 g/mol. The van der Waals surface area contributed by atoms with E-state index in [4.69, 9.17) is 0 Å². The number of nitrogens with zero attached hydrogens (tertiary/aromatic N) is 1. The van der Waals surface area contributed by atoms with Gasteiger partial charge in [0.2, 0.25) is 0 Å². The molecule has 2 aromatic rings. The van der Waals surface area contributed by atoms with E-state index in [9.17, 15) is 13.6 Å². The molecule has 1 N–H and O–H groups in total. The first-order chi connectivity index (χ1) is 11.0. The van der Waals surface area contributed by atoms with Crippen molar-refractivity contribution >= 4 is 27.2 Å². The van der Waals surface area contributed by atoms with Crippen LogP contribution in [0.5, 0.6) is 0 Å². The SMILES string of the molecule is CS(=O)(=O)c1ccc(C=C2/C(=N/O)CCc3ccccc32)cc1. The Balaban J connectivity index is 2.07. The Morgan fingerprint density at radius 1 is 1.04 bits per heavy atom. The van der Waals surface area contributed by atoms with Crippen molar-refractivity contribution in [3.05, 3.63) is 65.2 Å². The smallest absolute Gasteiger partial charge is 0.175 e. The molecule has 0 fully saturated rings. The van der Waals surface area contributed by atoms with Crippen molar-refractivity contribution in [2.45, 2.75) is 17.7 Å². The van der Waals surface area contributed by atoms with Crippen LogP contribution < -0.4 is 0 Å². The number of hydrogen-bond donors (Lipinski definition) is 1. The first-order valence-electron chi connectivity index (χ1n) is 7.30. The van der Waals surface area contributed by atoms with Gasteiger partial charge in [0.1, 0.15) is 0 Å². The standard InChI is InChI=1S/C18H17NO3S/c1-23(21,22)15-9-6-13(7-10-15)12-17-16-5-3-2-4-14(16)8-11-18(17)19-20/h2-7,9-10,12,20H,8,11H2,1H3/b17-12?,19-18+. The maximum absolute atomic E-state index is 11.5. The van der Waals surface area contributed by atoms with Crippen LogP contribution in [0.2, 0.25) is 0 Å². The van der Waals surface area contributed by atoms with Crippen LogP contribution in [0.3, 0.4) is 0 Å². The number of sulfone groups is 1. The third-order valence-corrected chi connectivity index (χ3v) is 5.12.